The Labute approximate surface area is 175 Å². The zero-order valence-electron chi connectivity index (χ0n) is 17.0. The quantitative estimate of drug-likeness (QED) is 0.582. The summed E-state index contributed by atoms with van der Waals surface area (Å²) in [6.45, 7) is 5.50. The molecule has 154 valence electrons. The number of ether oxygens (including phenoxy) is 3. The Bertz CT molecular complexity index is 1020. The molecule has 0 aliphatic rings. The lowest BCUT2D eigenvalue weighted by molar-refractivity contribution is 0.0379. The number of aromatic nitrogens is 2. The maximum atomic E-state index is 12.6. The Kier molecular flexibility index (Phi) is 7.23. The molecule has 0 saturated carbocycles. The average molecular weight is 418 g/mol. The minimum atomic E-state index is -0.451. The fraction of sp³-hybridized carbons (Fsp3) is 0.286. The van der Waals surface area contributed by atoms with E-state index in [0.29, 0.717) is 28.4 Å². The molecule has 3 rings (SSSR count). The van der Waals surface area contributed by atoms with Gasteiger partial charge in [0.15, 0.2) is 17.1 Å². The number of fused-ring (bicyclic) bond motifs is 1. The zero-order chi connectivity index (χ0) is 20.3. The molecule has 1 N–H and O–H groups in total. The molecule has 0 saturated heterocycles. The van der Waals surface area contributed by atoms with Gasteiger partial charge >= 0.3 is 5.97 Å². The van der Waals surface area contributed by atoms with Crippen LogP contribution in [0.4, 0.5) is 11.4 Å². The van der Waals surface area contributed by atoms with Crippen molar-refractivity contribution in [3.63, 3.8) is 0 Å². The highest BCUT2D eigenvalue weighted by Gasteiger charge is 2.19. The monoisotopic (exact) mass is 417 g/mol. The van der Waals surface area contributed by atoms with Gasteiger partial charge in [0.2, 0.25) is 0 Å². The molecule has 0 fully saturated rings. The lowest BCUT2D eigenvalue weighted by atomic mass is 10.1. The maximum absolute atomic E-state index is 12.6. The molecule has 0 aliphatic carbocycles. The van der Waals surface area contributed by atoms with Crippen LogP contribution in [0.5, 0.6) is 11.5 Å². The molecule has 29 heavy (non-hydrogen) atoms. The van der Waals surface area contributed by atoms with Crippen molar-refractivity contribution >= 4 is 40.8 Å². The van der Waals surface area contributed by atoms with Crippen molar-refractivity contribution in [2.24, 2.45) is 0 Å². The van der Waals surface area contributed by atoms with Gasteiger partial charge in [-0.25, -0.2) is 14.8 Å². The van der Waals surface area contributed by atoms with Crippen molar-refractivity contribution in [2.75, 3.05) is 19.5 Å². The molecule has 0 bridgehead atoms. The van der Waals surface area contributed by atoms with E-state index < -0.39 is 5.97 Å². The number of halogens is 1. The highest BCUT2D eigenvalue weighted by Crippen LogP contribution is 2.34. The lowest BCUT2D eigenvalue weighted by Gasteiger charge is -2.16. The molecule has 0 unspecified atom stereocenters. The molecule has 2 heterocycles. The Balaban J connectivity index is 0.00000300. The standard InChI is InChI=1S/C21H23N3O4.ClH/c1-12(2)28-21(25)16-11-22-20-15(8-6-13(3)23-20)19(16)24-14-7-9-17(26-4)18(10-14)27-5;/h6-12H,1-5H3,(H,22,23,24);1H. The highest BCUT2D eigenvalue weighted by molar-refractivity contribution is 6.05. The van der Waals surface area contributed by atoms with E-state index in [4.69, 9.17) is 14.2 Å². The molecule has 3 aromatic rings. The van der Waals surface area contributed by atoms with E-state index in [1.165, 1.54) is 6.20 Å². The molecule has 0 spiro atoms. The van der Waals surface area contributed by atoms with Crippen molar-refractivity contribution in [3.8, 4) is 11.5 Å². The molecule has 8 heteroatoms. The number of hydrogen-bond donors (Lipinski definition) is 1. The molecule has 0 amide bonds. The van der Waals surface area contributed by atoms with Gasteiger partial charge < -0.3 is 19.5 Å². The molecule has 2 aromatic heterocycles. The van der Waals surface area contributed by atoms with Gasteiger partial charge in [0, 0.05) is 29.0 Å². The van der Waals surface area contributed by atoms with Gasteiger partial charge in [-0.05, 0) is 45.0 Å². The molecule has 0 aliphatic heterocycles. The zero-order valence-corrected chi connectivity index (χ0v) is 17.8. The number of nitrogens with one attached hydrogen (secondary N) is 1. The first-order valence-corrected chi connectivity index (χ1v) is 8.89. The summed E-state index contributed by atoms with van der Waals surface area (Å²) in [5.41, 5.74) is 3.03. The van der Waals surface area contributed by atoms with Crippen molar-refractivity contribution in [1.82, 2.24) is 9.97 Å². The number of carbonyl (C=O) groups excluding carboxylic acids is 1. The molecule has 1 aromatic carbocycles. The van der Waals surface area contributed by atoms with Gasteiger partial charge in [-0.1, -0.05) is 0 Å². The second-order valence-electron chi connectivity index (χ2n) is 6.52. The maximum Gasteiger partial charge on any atom is 0.342 e. The number of aryl methyl sites for hydroxylation is 1. The number of carbonyl (C=O) groups is 1. The SMILES string of the molecule is COc1ccc(Nc2c(C(=O)OC(C)C)cnc3nc(C)ccc23)cc1OC.Cl. The van der Waals surface area contributed by atoms with Gasteiger partial charge in [0.1, 0.15) is 5.56 Å². The van der Waals surface area contributed by atoms with E-state index in [-0.39, 0.29) is 18.5 Å². The van der Waals surface area contributed by atoms with Crippen LogP contribution in [0.3, 0.4) is 0 Å². The fourth-order valence-corrected chi connectivity index (χ4v) is 2.80. The number of benzene rings is 1. The number of methoxy groups -OCH3 is 2. The predicted octanol–water partition coefficient (Wildman–Crippen LogP) is 4.69. The van der Waals surface area contributed by atoms with Crippen LogP contribution in [0.15, 0.2) is 36.5 Å². The van der Waals surface area contributed by atoms with Crippen LogP contribution in [0.2, 0.25) is 0 Å². The molecule has 0 atom stereocenters. The van der Waals surface area contributed by atoms with Crippen molar-refractivity contribution < 1.29 is 19.0 Å². The smallest absolute Gasteiger partial charge is 0.342 e. The summed E-state index contributed by atoms with van der Waals surface area (Å²) in [6.07, 6.45) is 1.25. The number of anilines is 2. The number of hydrogen-bond acceptors (Lipinski definition) is 7. The van der Waals surface area contributed by atoms with Crippen molar-refractivity contribution in [3.05, 3.63) is 47.8 Å². The van der Waals surface area contributed by atoms with E-state index in [9.17, 15) is 4.79 Å². The summed E-state index contributed by atoms with van der Waals surface area (Å²) in [5, 5.41) is 4.02. The first kappa shape index (κ1) is 22.2. The summed E-state index contributed by atoms with van der Waals surface area (Å²) in [5.74, 6) is 0.739. The number of pyridine rings is 2. The minimum absolute atomic E-state index is 0. The summed E-state index contributed by atoms with van der Waals surface area (Å²) in [4.78, 5) is 21.4. The second kappa shape index (κ2) is 9.43. The highest BCUT2D eigenvalue weighted by atomic mass is 35.5. The van der Waals surface area contributed by atoms with Gasteiger partial charge in [-0.3, -0.25) is 0 Å². The van der Waals surface area contributed by atoms with Crippen molar-refractivity contribution in [2.45, 2.75) is 26.9 Å². The number of nitrogens with zero attached hydrogens (tertiary/aromatic N) is 2. The van der Waals surface area contributed by atoms with E-state index in [2.05, 4.69) is 15.3 Å². The minimum Gasteiger partial charge on any atom is -0.493 e. The molecular formula is C21H24ClN3O4. The summed E-state index contributed by atoms with van der Waals surface area (Å²) in [7, 11) is 3.15. The fourth-order valence-electron chi connectivity index (χ4n) is 2.80. The summed E-state index contributed by atoms with van der Waals surface area (Å²) < 4.78 is 16.0. The number of rotatable bonds is 6. The van der Waals surface area contributed by atoms with Crippen LogP contribution in [0.25, 0.3) is 11.0 Å². The third kappa shape index (κ3) is 4.86. The Hall–Kier alpha value is -3.06. The predicted molar refractivity (Wildman–Crippen MR) is 115 cm³/mol. The van der Waals surface area contributed by atoms with Gasteiger partial charge in [0.25, 0.3) is 0 Å². The lowest BCUT2D eigenvalue weighted by Crippen LogP contribution is -2.14. The molecular weight excluding hydrogens is 394 g/mol. The third-order valence-corrected chi connectivity index (χ3v) is 4.08. The average Bonchev–Trinajstić information content (AvgIpc) is 2.67. The topological polar surface area (TPSA) is 82.6 Å². The van der Waals surface area contributed by atoms with E-state index in [1.807, 2.05) is 25.1 Å². The Morgan fingerprint density at radius 2 is 1.79 bits per heavy atom. The molecule has 7 nitrogen and oxygen atoms in total. The van der Waals surface area contributed by atoms with Crippen LogP contribution in [0.1, 0.15) is 29.9 Å². The van der Waals surface area contributed by atoms with Crippen LogP contribution in [-0.4, -0.2) is 36.3 Å². The van der Waals surface area contributed by atoms with E-state index in [0.717, 1.165) is 16.8 Å². The second-order valence-corrected chi connectivity index (χ2v) is 6.52. The number of esters is 1. The largest absolute Gasteiger partial charge is 0.493 e. The Morgan fingerprint density at radius 3 is 2.45 bits per heavy atom. The molecule has 0 radical (unpaired) electrons. The van der Waals surface area contributed by atoms with Crippen LogP contribution in [-0.2, 0) is 4.74 Å². The van der Waals surface area contributed by atoms with Crippen LogP contribution in [0, 0.1) is 6.92 Å². The van der Waals surface area contributed by atoms with E-state index >= 15 is 0 Å². The Morgan fingerprint density at radius 1 is 1.07 bits per heavy atom. The van der Waals surface area contributed by atoms with Crippen LogP contribution >= 0.6 is 12.4 Å². The van der Waals surface area contributed by atoms with Gasteiger partial charge in [0.05, 0.1) is 26.0 Å². The first-order chi connectivity index (χ1) is 13.4. The third-order valence-electron chi connectivity index (χ3n) is 4.08. The summed E-state index contributed by atoms with van der Waals surface area (Å²) in [6, 6.07) is 9.19. The van der Waals surface area contributed by atoms with Gasteiger partial charge in [-0.15, -0.1) is 12.4 Å². The normalized spacial score (nSPS) is 10.4. The van der Waals surface area contributed by atoms with E-state index in [1.54, 1.807) is 40.2 Å². The summed E-state index contributed by atoms with van der Waals surface area (Å²) >= 11 is 0. The first-order valence-electron chi connectivity index (χ1n) is 8.89. The van der Waals surface area contributed by atoms with Gasteiger partial charge in [-0.2, -0.15) is 0 Å². The van der Waals surface area contributed by atoms with Crippen LogP contribution < -0.4 is 14.8 Å². The van der Waals surface area contributed by atoms with Crippen molar-refractivity contribution in [1.29, 1.82) is 0 Å².